The molecule has 122 valence electrons. The van der Waals surface area contributed by atoms with Gasteiger partial charge in [0, 0.05) is 25.6 Å². The number of carbonyl (C=O) groups excluding carboxylic acids is 1. The Morgan fingerprint density at radius 3 is 2.70 bits per heavy atom. The van der Waals surface area contributed by atoms with Crippen LogP contribution in [0.2, 0.25) is 0 Å². The summed E-state index contributed by atoms with van der Waals surface area (Å²) in [4.78, 5) is 14.6. The summed E-state index contributed by atoms with van der Waals surface area (Å²) in [6.45, 7) is 1.61. The fraction of sp³-hybridized carbons (Fsp3) is 0.412. The van der Waals surface area contributed by atoms with E-state index in [4.69, 9.17) is 5.73 Å². The van der Waals surface area contributed by atoms with Gasteiger partial charge in [0.2, 0.25) is 0 Å². The van der Waals surface area contributed by atoms with Crippen LogP contribution in [-0.2, 0) is 6.42 Å². The van der Waals surface area contributed by atoms with E-state index in [0.29, 0.717) is 31.2 Å². The van der Waals surface area contributed by atoms with Gasteiger partial charge in [0.25, 0.3) is 5.91 Å². The smallest absolute Gasteiger partial charge is 0.275 e. The van der Waals surface area contributed by atoms with Crippen LogP contribution >= 0.6 is 15.9 Å². The molecule has 0 saturated heterocycles. The molecule has 1 aromatic carbocycles. The SMILES string of the molecule is NCCN(CCc1ccccc1)C(=O)c1n[nH]c(C2CC2)c1Br. The number of hydrogen-bond acceptors (Lipinski definition) is 3. The van der Waals surface area contributed by atoms with Crippen molar-refractivity contribution < 1.29 is 4.79 Å². The number of carbonyl (C=O) groups is 1. The number of nitrogens with two attached hydrogens (primary N) is 1. The highest BCUT2D eigenvalue weighted by Crippen LogP contribution is 2.43. The highest BCUT2D eigenvalue weighted by molar-refractivity contribution is 9.10. The molecule has 0 aliphatic heterocycles. The lowest BCUT2D eigenvalue weighted by atomic mass is 10.1. The van der Waals surface area contributed by atoms with Gasteiger partial charge < -0.3 is 10.6 Å². The van der Waals surface area contributed by atoms with Gasteiger partial charge in [-0.15, -0.1) is 0 Å². The molecular formula is C17H21BrN4O. The Kier molecular flexibility index (Phi) is 5.13. The highest BCUT2D eigenvalue weighted by atomic mass is 79.9. The van der Waals surface area contributed by atoms with Crippen molar-refractivity contribution in [3.05, 3.63) is 51.8 Å². The Morgan fingerprint density at radius 2 is 2.04 bits per heavy atom. The number of nitrogens with zero attached hydrogens (tertiary/aromatic N) is 2. The molecule has 1 amide bonds. The van der Waals surface area contributed by atoms with Crippen LogP contribution in [0.25, 0.3) is 0 Å². The van der Waals surface area contributed by atoms with Gasteiger partial charge in [0.1, 0.15) is 0 Å². The minimum absolute atomic E-state index is 0.0681. The van der Waals surface area contributed by atoms with Crippen molar-refractivity contribution in [3.63, 3.8) is 0 Å². The van der Waals surface area contributed by atoms with Gasteiger partial charge in [-0.05, 0) is 40.8 Å². The molecule has 3 N–H and O–H groups in total. The lowest BCUT2D eigenvalue weighted by Crippen LogP contribution is -2.37. The third-order valence-electron chi connectivity index (χ3n) is 4.12. The first kappa shape index (κ1) is 16.2. The van der Waals surface area contributed by atoms with Crippen LogP contribution in [0.5, 0.6) is 0 Å². The largest absolute Gasteiger partial charge is 0.336 e. The molecule has 6 heteroatoms. The lowest BCUT2D eigenvalue weighted by Gasteiger charge is -2.21. The normalized spacial score (nSPS) is 14.0. The number of benzene rings is 1. The van der Waals surface area contributed by atoms with Gasteiger partial charge >= 0.3 is 0 Å². The first-order valence-electron chi connectivity index (χ1n) is 7.97. The molecule has 5 nitrogen and oxygen atoms in total. The molecule has 1 aliphatic rings. The number of rotatable bonds is 7. The van der Waals surface area contributed by atoms with E-state index in [2.05, 4.69) is 38.3 Å². The molecule has 1 saturated carbocycles. The monoisotopic (exact) mass is 376 g/mol. The average Bonchev–Trinajstić information content (AvgIpc) is 3.34. The zero-order valence-corrected chi connectivity index (χ0v) is 14.6. The summed E-state index contributed by atoms with van der Waals surface area (Å²) < 4.78 is 0.812. The maximum absolute atomic E-state index is 12.8. The summed E-state index contributed by atoms with van der Waals surface area (Å²) in [7, 11) is 0. The first-order valence-corrected chi connectivity index (χ1v) is 8.77. The second-order valence-corrected chi connectivity index (χ2v) is 6.68. The molecule has 0 radical (unpaired) electrons. The van der Waals surface area contributed by atoms with E-state index in [1.165, 1.54) is 5.56 Å². The standard InChI is InChI=1S/C17H21BrN4O/c18-14-15(13-6-7-13)20-21-16(14)17(23)22(11-9-19)10-8-12-4-2-1-3-5-12/h1-5,13H,6-11,19H2,(H,20,21). The van der Waals surface area contributed by atoms with Crippen LogP contribution in [0.4, 0.5) is 0 Å². The van der Waals surface area contributed by atoms with E-state index in [0.717, 1.165) is 29.4 Å². The molecule has 0 atom stereocenters. The number of hydrogen-bond donors (Lipinski definition) is 2. The topological polar surface area (TPSA) is 75.0 Å². The maximum Gasteiger partial charge on any atom is 0.275 e. The molecule has 2 aromatic rings. The molecular weight excluding hydrogens is 356 g/mol. The number of amides is 1. The van der Waals surface area contributed by atoms with Crippen molar-refractivity contribution in [2.45, 2.75) is 25.2 Å². The Morgan fingerprint density at radius 1 is 1.30 bits per heavy atom. The zero-order valence-electron chi connectivity index (χ0n) is 13.0. The summed E-state index contributed by atoms with van der Waals surface area (Å²) in [6.07, 6.45) is 3.13. The summed E-state index contributed by atoms with van der Waals surface area (Å²) >= 11 is 3.54. The van der Waals surface area contributed by atoms with E-state index >= 15 is 0 Å². The molecule has 1 aromatic heterocycles. The first-order chi connectivity index (χ1) is 11.2. The molecule has 1 fully saturated rings. The third-order valence-corrected chi connectivity index (χ3v) is 4.92. The van der Waals surface area contributed by atoms with Crippen LogP contribution in [0.15, 0.2) is 34.8 Å². The van der Waals surface area contributed by atoms with Gasteiger partial charge in [0.15, 0.2) is 5.69 Å². The number of aromatic nitrogens is 2. The van der Waals surface area contributed by atoms with Crippen molar-refractivity contribution in [1.29, 1.82) is 0 Å². The Balaban J connectivity index is 1.70. The van der Waals surface area contributed by atoms with Gasteiger partial charge in [-0.3, -0.25) is 9.89 Å². The molecule has 23 heavy (non-hydrogen) atoms. The maximum atomic E-state index is 12.8. The second-order valence-electron chi connectivity index (χ2n) is 5.89. The predicted octanol–water partition coefficient (Wildman–Crippen LogP) is 2.69. The van der Waals surface area contributed by atoms with Crippen molar-refractivity contribution in [2.75, 3.05) is 19.6 Å². The molecule has 0 bridgehead atoms. The fourth-order valence-corrected chi connectivity index (χ4v) is 3.33. The van der Waals surface area contributed by atoms with E-state index < -0.39 is 0 Å². The molecule has 3 rings (SSSR count). The number of nitrogens with one attached hydrogen (secondary N) is 1. The Hall–Kier alpha value is -1.66. The van der Waals surface area contributed by atoms with Gasteiger partial charge in [-0.25, -0.2) is 0 Å². The number of H-pyrrole nitrogens is 1. The van der Waals surface area contributed by atoms with Crippen LogP contribution in [0, 0.1) is 0 Å². The van der Waals surface area contributed by atoms with Crippen molar-refractivity contribution >= 4 is 21.8 Å². The van der Waals surface area contributed by atoms with Crippen molar-refractivity contribution in [1.82, 2.24) is 15.1 Å². The zero-order chi connectivity index (χ0) is 16.2. The number of halogens is 1. The minimum atomic E-state index is -0.0681. The Bertz CT molecular complexity index is 666. The molecule has 1 heterocycles. The van der Waals surface area contributed by atoms with E-state index in [1.54, 1.807) is 4.90 Å². The number of aromatic amines is 1. The van der Waals surface area contributed by atoms with Crippen molar-refractivity contribution in [3.8, 4) is 0 Å². The van der Waals surface area contributed by atoms with Crippen LogP contribution in [0.3, 0.4) is 0 Å². The van der Waals surface area contributed by atoms with E-state index in [1.807, 2.05) is 18.2 Å². The van der Waals surface area contributed by atoms with Gasteiger partial charge in [-0.2, -0.15) is 5.10 Å². The summed E-state index contributed by atoms with van der Waals surface area (Å²) in [5, 5.41) is 7.24. The van der Waals surface area contributed by atoms with Gasteiger partial charge in [0.05, 0.1) is 10.2 Å². The van der Waals surface area contributed by atoms with E-state index in [-0.39, 0.29) is 5.91 Å². The minimum Gasteiger partial charge on any atom is -0.336 e. The second kappa shape index (κ2) is 7.27. The van der Waals surface area contributed by atoms with Gasteiger partial charge in [-0.1, -0.05) is 30.3 Å². The quantitative estimate of drug-likeness (QED) is 0.779. The Labute approximate surface area is 144 Å². The molecule has 1 aliphatic carbocycles. The van der Waals surface area contributed by atoms with Crippen molar-refractivity contribution in [2.24, 2.45) is 5.73 Å². The summed E-state index contributed by atoms with van der Waals surface area (Å²) in [6, 6.07) is 10.2. The fourth-order valence-electron chi connectivity index (χ4n) is 2.66. The molecule has 0 unspecified atom stereocenters. The van der Waals surface area contributed by atoms with Crippen LogP contribution in [0.1, 0.15) is 40.5 Å². The van der Waals surface area contributed by atoms with E-state index in [9.17, 15) is 4.79 Å². The molecule has 0 spiro atoms. The third kappa shape index (κ3) is 3.82. The highest BCUT2D eigenvalue weighted by Gasteiger charge is 2.31. The lowest BCUT2D eigenvalue weighted by molar-refractivity contribution is 0.0755. The summed E-state index contributed by atoms with van der Waals surface area (Å²) in [5.41, 5.74) is 8.40. The predicted molar refractivity (Wildman–Crippen MR) is 93.4 cm³/mol. The van der Waals surface area contributed by atoms with Crippen LogP contribution in [-0.4, -0.2) is 40.6 Å². The average molecular weight is 377 g/mol. The summed E-state index contributed by atoms with van der Waals surface area (Å²) in [5.74, 6) is 0.451. The van der Waals surface area contributed by atoms with Crippen LogP contribution < -0.4 is 5.73 Å².